The highest BCUT2D eigenvalue weighted by atomic mass is 16.5. The molecule has 1 atom stereocenters. The van der Waals surface area contributed by atoms with Crippen LogP contribution in [-0.2, 0) is 14.3 Å². The highest BCUT2D eigenvalue weighted by Crippen LogP contribution is 2.30. The molecule has 132 valence electrons. The number of carbonyl (C=O) groups is 1. The van der Waals surface area contributed by atoms with Crippen LogP contribution in [0.1, 0.15) is 23.5 Å². The van der Waals surface area contributed by atoms with E-state index in [2.05, 4.69) is 48.5 Å². The second-order valence-corrected chi connectivity index (χ2v) is 6.38. The standard InChI is InChI=1S/C21H25NO3/c1-24-16-21(23)22-12-13-25-19(15-22)14-20(17-8-4-2-5-9-17)18-10-6-3-7-11-18/h2-11,19-20H,12-16H2,1H3. The third-order valence-corrected chi connectivity index (χ3v) is 4.66. The van der Waals surface area contributed by atoms with Crippen LogP contribution in [0.2, 0.25) is 0 Å². The van der Waals surface area contributed by atoms with Gasteiger partial charge in [-0.05, 0) is 17.5 Å². The Labute approximate surface area is 149 Å². The van der Waals surface area contributed by atoms with Crippen molar-refractivity contribution in [1.82, 2.24) is 4.90 Å². The first-order chi connectivity index (χ1) is 12.3. The highest BCUT2D eigenvalue weighted by molar-refractivity contribution is 5.77. The van der Waals surface area contributed by atoms with E-state index in [4.69, 9.17) is 9.47 Å². The Balaban J connectivity index is 1.75. The summed E-state index contributed by atoms with van der Waals surface area (Å²) in [6.45, 7) is 1.97. The number of methoxy groups -OCH3 is 1. The van der Waals surface area contributed by atoms with Crippen LogP contribution in [0.15, 0.2) is 60.7 Å². The van der Waals surface area contributed by atoms with E-state index in [0.717, 1.165) is 6.42 Å². The van der Waals surface area contributed by atoms with E-state index in [-0.39, 0.29) is 24.5 Å². The van der Waals surface area contributed by atoms with Gasteiger partial charge < -0.3 is 14.4 Å². The molecule has 4 heteroatoms. The highest BCUT2D eigenvalue weighted by Gasteiger charge is 2.27. The van der Waals surface area contributed by atoms with Crippen molar-refractivity contribution in [2.24, 2.45) is 0 Å². The van der Waals surface area contributed by atoms with E-state index in [1.807, 2.05) is 17.0 Å². The summed E-state index contributed by atoms with van der Waals surface area (Å²) >= 11 is 0. The van der Waals surface area contributed by atoms with Crippen LogP contribution in [0, 0.1) is 0 Å². The molecule has 0 saturated carbocycles. The minimum absolute atomic E-state index is 0.0277. The summed E-state index contributed by atoms with van der Waals surface area (Å²) in [5, 5.41) is 0. The van der Waals surface area contributed by atoms with Crippen molar-refractivity contribution in [2.75, 3.05) is 33.4 Å². The van der Waals surface area contributed by atoms with Gasteiger partial charge in [0.15, 0.2) is 0 Å². The maximum atomic E-state index is 12.1. The summed E-state index contributed by atoms with van der Waals surface area (Å²) in [4.78, 5) is 14.0. The van der Waals surface area contributed by atoms with Crippen LogP contribution in [0.25, 0.3) is 0 Å². The Bertz CT molecular complexity index is 620. The van der Waals surface area contributed by atoms with Crippen molar-refractivity contribution >= 4 is 5.91 Å². The zero-order valence-corrected chi connectivity index (χ0v) is 14.6. The molecule has 0 spiro atoms. The molecular formula is C21H25NO3. The SMILES string of the molecule is COCC(=O)N1CCOC(CC(c2ccccc2)c2ccccc2)C1. The fraction of sp³-hybridized carbons (Fsp3) is 0.381. The van der Waals surface area contributed by atoms with Gasteiger partial charge in [0.2, 0.25) is 5.91 Å². The Morgan fingerprint density at radius 2 is 1.72 bits per heavy atom. The van der Waals surface area contributed by atoms with E-state index >= 15 is 0 Å². The second kappa shape index (κ2) is 8.79. The summed E-state index contributed by atoms with van der Waals surface area (Å²) in [7, 11) is 1.55. The minimum Gasteiger partial charge on any atom is -0.375 e. The Morgan fingerprint density at radius 1 is 1.12 bits per heavy atom. The van der Waals surface area contributed by atoms with E-state index in [0.29, 0.717) is 19.7 Å². The molecule has 2 aromatic carbocycles. The van der Waals surface area contributed by atoms with Crippen LogP contribution < -0.4 is 0 Å². The predicted octanol–water partition coefficient (Wildman–Crippen LogP) is 3.08. The monoisotopic (exact) mass is 339 g/mol. The van der Waals surface area contributed by atoms with Gasteiger partial charge in [-0.25, -0.2) is 0 Å². The van der Waals surface area contributed by atoms with Crippen LogP contribution in [0.4, 0.5) is 0 Å². The largest absolute Gasteiger partial charge is 0.375 e. The van der Waals surface area contributed by atoms with Gasteiger partial charge in [0.1, 0.15) is 6.61 Å². The molecule has 0 aromatic heterocycles. The number of morpholine rings is 1. The maximum absolute atomic E-state index is 12.1. The first-order valence-electron chi connectivity index (χ1n) is 8.76. The summed E-state index contributed by atoms with van der Waals surface area (Å²) < 4.78 is 11.0. The zero-order valence-electron chi connectivity index (χ0n) is 14.6. The number of nitrogens with zero attached hydrogens (tertiary/aromatic N) is 1. The summed E-state index contributed by atoms with van der Waals surface area (Å²) in [6, 6.07) is 21.0. The molecule has 0 N–H and O–H groups in total. The van der Waals surface area contributed by atoms with Gasteiger partial charge in [-0.1, -0.05) is 60.7 Å². The number of ether oxygens (including phenoxy) is 2. The lowest BCUT2D eigenvalue weighted by Crippen LogP contribution is -2.47. The fourth-order valence-corrected chi connectivity index (χ4v) is 3.40. The molecule has 2 aromatic rings. The van der Waals surface area contributed by atoms with Gasteiger partial charge in [0.05, 0.1) is 12.7 Å². The average Bonchev–Trinajstić information content (AvgIpc) is 2.68. The molecule has 4 nitrogen and oxygen atoms in total. The van der Waals surface area contributed by atoms with Crippen molar-refractivity contribution < 1.29 is 14.3 Å². The number of rotatable bonds is 6. The third kappa shape index (κ3) is 4.68. The fourth-order valence-electron chi connectivity index (χ4n) is 3.40. The summed E-state index contributed by atoms with van der Waals surface area (Å²) in [5.74, 6) is 0.289. The van der Waals surface area contributed by atoms with Gasteiger partial charge >= 0.3 is 0 Å². The lowest BCUT2D eigenvalue weighted by Gasteiger charge is -2.34. The third-order valence-electron chi connectivity index (χ3n) is 4.66. The molecule has 1 aliphatic heterocycles. The molecule has 0 radical (unpaired) electrons. The van der Waals surface area contributed by atoms with Crippen LogP contribution in [-0.4, -0.2) is 50.3 Å². The molecule has 1 aliphatic rings. The first kappa shape index (κ1) is 17.6. The molecule has 0 bridgehead atoms. The minimum atomic E-state index is 0.0277. The van der Waals surface area contributed by atoms with E-state index in [1.165, 1.54) is 11.1 Å². The zero-order chi connectivity index (χ0) is 17.5. The Hall–Kier alpha value is -2.17. The van der Waals surface area contributed by atoms with Gasteiger partial charge in [0, 0.05) is 26.1 Å². The number of hydrogen-bond acceptors (Lipinski definition) is 3. The van der Waals surface area contributed by atoms with Crippen LogP contribution in [0.5, 0.6) is 0 Å². The van der Waals surface area contributed by atoms with E-state index < -0.39 is 0 Å². The van der Waals surface area contributed by atoms with Crippen LogP contribution in [0.3, 0.4) is 0 Å². The lowest BCUT2D eigenvalue weighted by atomic mass is 9.86. The predicted molar refractivity (Wildman–Crippen MR) is 97.5 cm³/mol. The van der Waals surface area contributed by atoms with Gasteiger partial charge in [-0.2, -0.15) is 0 Å². The lowest BCUT2D eigenvalue weighted by molar-refractivity contribution is -0.142. The van der Waals surface area contributed by atoms with E-state index in [1.54, 1.807) is 7.11 Å². The van der Waals surface area contributed by atoms with Gasteiger partial charge in [-0.3, -0.25) is 4.79 Å². The normalized spacial score (nSPS) is 17.7. The molecule has 1 heterocycles. The molecular weight excluding hydrogens is 314 g/mol. The number of amides is 1. The topological polar surface area (TPSA) is 38.8 Å². The summed E-state index contributed by atoms with van der Waals surface area (Å²) in [6.07, 6.45) is 0.880. The molecule has 25 heavy (non-hydrogen) atoms. The molecule has 3 rings (SSSR count). The van der Waals surface area contributed by atoms with Crippen LogP contribution >= 0.6 is 0 Å². The number of hydrogen-bond donors (Lipinski definition) is 0. The molecule has 1 saturated heterocycles. The van der Waals surface area contributed by atoms with Crippen molar-refractivity contribution in [3.05, 3.63) is 71.8 Å². The smallest absolute Gasteiger partial charge is 0.248 e. The van der Waals surface area contributed by atoms with Gasteiger partial charge in [0.25, 0.3) is 0 Å². The average molecular weight is 339 g/mol. The van der Waals surface area contributed by atoms with Gasteiger partial charge in [-0.15, -0.1) is 0 Å². The molecule has 0 aliphatic carbocycles. The van der Waals surface area contributed by atoms with Crippen molar-refractivity contribution in [1.29, 1.82) is 0 Å². The second-order valence-electron chi connectivity index (χ2n) is 6.38. The number of benzene rings is 2. The first-order valence-corrected chi connectivity index (χ1v) is 8.76. The molecule has 1 fully saturated rings. The van der Waals surface area contributed by atoms with Crippen molar-refractivity contribution in [3.63, 3.8) is 0 Å². The van der Waals surface area contributed by atoms with E-state index in [9.17, 15) is 4.79 Å². The summed E-state index contributed by atoms with van der Waals surface area (Å²) in [5.41, 5.74) is 2.55. The molecule has 1 amide bonds. The quantitative estimate of drug-likeness (QED) is 0.812. The van der Waals surface area contributed by atoms with Crippen molar-refractivity contribution in [2.45, 2.75) is 18.4 Å². The maximum Gasteiger partial charge on any atom is 0.248 e. The Morgan fingerprint density at radius 3 is 2.28 bits per heavy atom. The molecule has 1 unspecified atom stereocenters. The Kier molecular flexibility index (Phi) is 6.20. The number of carbonyl (C=O) groups excluding carboxylic acids is 1. The van der Waals surface area contributed by atoms with Crippen molar-refractivity contribution in [3.8, 4) is 0 Å².